The molecule has 0 aliphatic rings. The largest absolute Gasteiger partial charge is 0.416 e. The van der Waals surface area contributed by atoms with Crippen LogP contribution in [0.3, 0.4) is 0 Å². The molecule has 0 spiro atoms. The standard InChI is InChI=1S/C10H7BrF3NO3/c1-5(16)9(11)6-2-7(10(12,13)14)4-8(3-6)15(17)18/h2-4,9H,1H3. The van der Waals surface area contributed by atoms with Crippen molar-refractivity contribution in [2.45, 2.75) is 17.9 Å². The lowest BCUT2D eigenvalue weighted by molar-refractivity contribution is -0.385. The van der Waals surface area contributed by atoms with Gasteiger partial charge in [0.2, 0.25) is 0 Å². The van der Waals surface area contributed by atoms with Gasteiger partial charge in [0.15, 0.2) is 0 Å². The zero-order valence-electron chi connectivity index (χ0n) is 8.99. The van der Waals surface area contributed by atoms with E-state index in [1.807, 2.05) is 0 Å². The summed E-state index contributed by atoms with van der Waals surface area (Å²) in [5.74, 6) is -0.441. The monoisotopic (exact) mass is 325 g/mol. The highest BCUT2D eigenvalue weighted by Crippen LogP contribution is 2.35. The summed E-state index contributed by atoms with van der Waals surface area (Å²) in [6, 6.07) is 2.09. The lowest BCUT2D eigenvalue weighted by Crippen LogP contribution is -2.09. The van der Waals surface area contributed by atoms with E-state index >= 15 is 0 Å². The molecule has 1 aromatic carbocycles. The molecule has 98 valence electrons. The van der Waals surface area contributed by atoms with Crippen LogP contribution in [0.4, 0.5) is 18.9 Å². The lowest BCUT2D eigenvalue weighted by atomic mass is 10.0. The predicted octanol–water partition coefficient (Wildman–Crippen LogP) is 3.64. The maximum Gasteiger partial charge on any atom is 0.416 e. The number of ketones is 1. The van der Waals surface area contributed by atoms with E-state index in [0.717, 1.165) is 6.07 Å². The zero-order valence-corrected chi connectivity index (χ0v) is 10.6. The molecule has 0 bridgehead atoms. The number of nitro groups is 1. The third-order valence-electron chi connectivity index (χ3n) is 2.13. The smallest absolute Gasteiger partial charge is 0.298 e. The summed E-state index contributed by atoms with van der Waals surface area (Å²) in [4.78, 5) is 19.7. The number of nitro benzene ring substituents is 1. The Balaban J connectivity index is 3.40. The minimum absolute atomic E-state index is 0.0935. The number of nitrogens with zero attached hydrogens (tertiary/aromatic N) is 1. The second-order valence-corrected chi connectivity index (χ2v) is 4.46. The molecule has 4 nitrogen and oxygen atoms in total. The molecule has 1 atom stereocenters. The Kier molecular flexibility index (Phi) is 4.10. The molecule has 1 aromatic rings. The number of carbonyl (C=O) groups excluding carboxylic acids is 1. The van der Waals surface area contributed by atoms with Gasteiger partial charge < -0.3 is 0 Å². The van der Waals surface area contributed by atoms with Crippen LogP contribution in [0.1, 0.15) is 22.9 Å². The topological polar surface area (TPSA) is 60.2 Å². The Morgan fingerprint density at radius 1 is 1.39 bits per heavy atom. The van der Waals surface area contributed by atoms with Crippen molar-refractivity contribution in [2.24, 2.45) is 0 Å². The van der Waals surface area contributed by atoms with Crippen molar-refractivity contribution in [1.29, 1.82) is 0 Å². The Morgan fingerprint density at radius 3 is 2.33 bits per heavy atom. The highest BCUT2D eigenvalue weighted by molar-refractivity contribution is 9.09. The van der Waals surface area contributed by atoms with E-state index in [-0.39, 0.29) is 5.56 Å². The van der Waals surface area contributed by atoms with Gasteiger partial charge in [-0.05, 0) is 18.6 Å². The Morgan fingerprint density at radius 2 is 1.94 bits per heavy atom. The van der Waals surface area contributed by atoms with Crippen LogP contribution in [0, 0.1) is 10.1 Å². The van der Waals surface area contributed by atoms with Gasteiger partial charge in [-0.15, -0.1) is 0 Å². The predicted molar refractivity (Wildman–Crippen MR) is 60.4 cm³/mol. The van der Waals surface area contributed by atoms with Crippen LogP contribution >= 0.6 is 15.9 Å². The van der Waals surface area contributed by atoms with Crippen LogP contribution in [-0.4, -0.2) is 10.7 Å². The number of non-ortho nitro benzene ring substituents is 1. The molecule has 18 heavy (non-hydrogen) atoms. The van der Waals surface area contributed by atoms with E-state index in [9.17, 15) is 28.1 Å². The molecule has 8 heteroatoms. The molecule has 0 radical (unpaired) electrons. The molecule has 0 N–H and O–H groups in total. The van der Waals surface area contributed by atoms with Crippen molar-refractivity contribution in [3.8, 4) is 0 Å². The van der Waals surface area contributed by atoms with Crippen LogP contribution in [0.2, 0.25) is 0 Å². The Bertz CT molecular complexity index is 502. The average molecular weight is 326 g/mol. The second-order valence-electron chi connectivity index (χ2n) is 3.54. The van der Waals surface area contributed by atoms with Crippen molar-refractivity contribution in [2.75, 3.05) is 0 Å². The molecule has 0 amide bonds. The van der Waals surface area contributed by atoms with Crippen LogP contribution in [0.25, 0.3) is 0 Å². The van der Waals surface area contributed by atoms with Crippen molar-refractivity contribution < 1.29 is 22.9 Å². The first-order chi connectivity index (χ1) is 8.12. The molecule has 1 rings (SSSR count). The van der Waals surface area contributed by atoms with Gasteiger partial charge in [0.25, 0.3) is 5.69 Å². The van der Waals surface area contributed by atoms with Gasteiger partial charge in [-0.25, -0.2) is 0 Å². The SMILES string of the molecule is CC(=O)C(Br)c1cc([N+](=O)[O-])cc(C(F)(F)F)c1. The van der Waals surface area contributed by atoms with E-state index in [0.29, 0.717) is 12.1 Å². The van der Waals surface area contributed by atoms with Gasteiger partial charge in [-0.1, -0.05) is 15.9 Å². The number of halogens is 4. The maximum atomic E-state index is 12.6. The van der Waals surface area contributed by atoms with Crippen LogP contribution in [0.15, 0.2) is 18.2 Å². The average Bonchev–Trinajstić information content (AvgIpc) is 2.26. The number of Topliss-reactive ketones (excluding diaryl/α,β-unsaturated/α-hetero) is 1. The fourth-order valence-corrected chi connectivity index (χ4v) is 1.55. The third kappa shape index (κ3) is 3.28. The molecule has 0 saturated carbocycles. The van der Waals surface area contributed by atoms with Crippen molar-refractivity contribution in [3.05, 3.63) is 39.4 Å². The zero-order chi connectivity index (χ0) is 14.1. The normalized spacial score (nSPS) is 13.2. The minimum atomic E-state index is -4.70. The van der Waals surface area contributed by atoms with Crippen LogP contribution in [0.5, 0.6) is 0 Å². The van der Waals surface area contributed by atoms with Crippen molar-refractivity contribution in [3.63, 3.8) is 0 Å². The minimum Gasteiger partial charge on any atom is -0.298 e. The van der Waals surface area contributed by atoms with Gasteiger partial charge in [0, 0.05) is 12.1 Å². The second kappa shape index (κ2) is 5.05. The first-order valence-electron chi connectivity index (χ1n) is 4.64. The molecule has 0 saturated heterocycles. The third-order valence-corrected chi connectivity index (χ3v) is 3.30. The van der Waals surface area contributed by atoms with Crippen LogP contribution < -0.4 is 0 Å². The van der Waals surface area contributed by atoms with Crippen molar-refractivity contribution in [1.82, 2.24) is 0 Å². The first-order valence-corrected chi connectivity index (χ1v) is 5.55. The van der Waals surface area contributed by atoms with Gasteiger partial charge in [-0.3, -0.25) is 14.9 Å². The summed E-state index contributed by atoms with van der Waals surface area (Å²) in [5.41, 5.74) is -1.95. The quantitative estimate of drug-likeness (QED) is 0.484. The maximum absolute atomic E-state index is 12.6. The summed E-state index contributed by atoms with van der Waals surface area (Å²) < 4.78 is 37.7. The number of alkyl halides is 4. The summed E-state index contributed by atoms with van der Waals surface area (Å²) in [7, 11) is 0. The first kappa shape index (κ1) is 14.6. The molecule has 0 aromatic heterocycles. The molecule has 0 aliphatic heterocycles. The van der Waals surface area contributed by atoms with E-state index in [4.69, 9.17) is 0 Å². The highest BCUT2D eigenvalue weighted by atomic mass is 79.9. The van der Waals surface area contributed by atoms with E-state index < -0.39 is 33.0 Å². The molecule has 0 aliphatic carbocycles. The molecule has 1 unspecified atom stereocenters. The van der Waals surface area contributed by atoms with E-state index in [1.165, 1.54) is 6.92 Å². The van der Waals surface area contributed by atoms with Gasteiger partial charge in [0.1, 0.15) is 5.78 Å². The number of hydrogen-bond acceptors (Lipinski definition) is 3. The fraction of sp³-hybridized carbons (Fsp3) is 0.300. The number of hydrogen-bond donors (Lipinski definition) is 0. The summed E-state index contributed by atoms with van der Waals surface area (Å²) in [6.07, 6.45) is -4.70. The summed E-state index contributed by atoms with van der Waals surface area (Å²) >= 11 is 2.90. The number of benzene rings is 1. The van der Waals surface area contributed by atoms with E-state index in [2.05, 4.69) is 15.9 Å². The van der Waals surface area contributed by atoms with Gasteiger partial charge in [-0.2, -0.15) is 13.2 Å². The van der Waals surface area contributed by atoms with E-state index in [1.54, 1.807) is 0 Å². The van der Waals surface area contributed by atoms with Gasteiger partial charge >= 0.3 is 6.18 Å². The number of rotatable bonds is 3. The van der Waals surface area contributed by atoms with Crippen molar-refractivity contribution >= 4 is 27.4 Å². The van der Waals surface area contributed by atoms with Gasteiger partial charge in [0.05, 0.1) is 15.3 Å². The Labute approximate surface area is 108 Å². The summed E-state index contributed by atoms with van der Waals surface area (Å²) in [5, 5.41) is 10.6. The molecular weight excluding hydrogens is 319 g/mol. The molecular formula is C10H7BrF3NO3. The summed E-state index contributed by atoms with van der Waals surface area (Å²) in [6.45, 7) is 1.17. The van der Waals surface area contributed by atoms with Crippen LogP contribution in [-0.2, 0) is 11.0 Å². The molecule has 0 fully saturated rings. The highest BCUT2D eigenvalue weighted by Gasteiger charge is 2.33. The molecule has 0 heterocycles. The fourth-order valence-electron chi connectivity index (χ4n) is 1.28. The Hall–Kier alpha value is -1.44. The number of carbonyl (C=O) groups is 1. The lowest BCUT2D eigenvalue weighted by Gasteiger charge is -2.11.